The number of hydrogen-bond acceptors (Lipinski definition) is 10. The fraction of sp³-hybridized carbons (Fsp3) is 0.571. The number of aliphatic hydroxyl groups excluding tert-OH is 1. The fourth-order valence-electron chi connectivity index (χ4n) is 6.77. The number of rotatable bonds is 17. The maximum atomic E-state index is 14.0. The predicted octanol–water partition coefficient (Wildman–Crippen LogP) is 4.58. The summed E-state index contributed by atoms with van der Waals surface area (Å²) in [5, 5.41) is 34.3. The lowest BCUT2D eigenvalue weighted by atomic mass is 9.93. The van der Waals surface area contributed by atoms with Crippen molar-refractivity contribution in [3.05, 3.63) is 75.7 Å². The number of β-amino-alcohol motifs (C(OH)–C–C–N with tert-alkyl or cyclic N) is 1. The van der Waals surface area contributed by atoms with Crippen LogP contribution in [0.4, 0.5) is 4.79 Å². The number of urea groups is 1. The molecule has 2 heterocycles. The number of nitrogens with zero attached hydrogens (tertiary/aromatic N) is 4. The van der Waals surface area contributed by atoms with E-state index in [0.717, 1.165) is 21.8 Å². The number of aliphatic hydroxyl groups is 1. The summed E-state index contributed by atoms with van der Waals surface area (Å²) >= 11 is 1.58. The zero-order valence-electron chi connectivity index (χ0n) is 34.5. The Morgan fingerprint density at radius 3 is 2.39 bits per heavy atom. The number of aromatic hydroxyl groups is 1. The summed E-state index contributed by atoms with van der Waals surface area (Å²) in [4.78, 5) is 51.4. The fourth-order valence-corrected chi connectivity index (χ4v) is 7.59. The molecule has 0 radical (unpaired) electrons. The molecule has 1 fully saturated rings. The highest BCUT2D eigenvalue weighted by Gasteiger charge is 2.37. The first-order chi connectivity index (χ1) is 26.4. The van der Waals surface area contributed by atoms with Gasteiger partial charge in [0.15, 0.2) is 11.5 Å². The number of carbonyl (C=O) groups excluding carboxylic acids is 3. The van der Waals surface area contributed by atoms with E-state index in [1.54, 1.807) is 35.4 Å². The molecule has 1 aliphatic rings. The quantitative estimate of drug-likeness (QED) is 0.132. The molecular weight excluding hydrogens is 731 g/mol. The van der Waals surface area contributed by atoms with E-state index in [4.69, 9.17) is 4.74 Å². The van der Waals surface area contributed by atoms with Gasteiger partial charge in [0.2, 0.25) is 11.8 Å². The molecule has 14 heteroatoms. The minimum absolute atomic E-state index is 0.0643. The first-order valence-corrected chi connectivity index (χ1v) is 20.4. The number of phenols is 1. The molecule has 0 unspecified atom stereocenters. The van der Waals surface area contributed by atoms with Gasteiger partial charge in [-0.1, -0.05) is 64.1 Å². The van der Waals surface area contributed by atoms with Crippen LogP contribution in [0.5, 0.6) is 11.5 Å². The maximum absolute atomic E-state index is 14.0. The van der Waals surface area contributed by atoms with Crippen LogP contribution in [0.3, 0.4) is 0 Å². The Morgan fingerprint density at radius 2 is 1.77 bits per heavy atom. The molecular formula is C42H63N7O6S. The maximum Gasteiger partial charge on any atom is 0.317 e. The van der Waals surface area contributed by atoms with Crippen molar-refractivity contribution in [2.24, 2.45) is 11.8 Å². The Kier molecular flexibility index (Phi) is 16.1. The second-order valence-corrected chi connectivity index (χ2v) is 17.5. The first kappa shape index (κ1) is 44.5. The van der Waals surface area contributed by atoms with Crippen molar-refractivity contribution in [2.75, 3.05) is 46.9 Å². The van der Waals surface area contributed by atoms with Crippen LogP contribution >= 0.6 is 11.3 Å². The number of benzene rings is 2. The number of hydrogen-bond donors (Lipinski definition) is 5. The lowest BCUT2D eigenvalue weighted by molar-refractivity contribution is -0.132. The second-order valence-electron chi connectivity index (χ2n) is 16.6. The summed E-state index contributed by atoms with van der Waals surface area (Å²) in [6, 6.07) is 13.4. The number of aromatic nitrogens is 1. The molecule has 4 amide bonds. The van der Waals surface area contributed by atoms with E-state index in [0.29, 0.717) is 50.8 Å². The highest BCUT2D eigenvalue weighted by molar-refractivity contribution is 7.09. The minimum atomic E-state index is -1.01. The minimum Gasteiger partial charge on any atom is -0.504 e. The molecule has 56 heavy (non-hydrogen) atoms. The highest BCUT2D eigenvalue weighted by atomic mass is 32.1. The SMILES string of the molecule is COc1cc(CN2CCN(C[C@H](O)[C@@H](Cc3ccccc3)NC(=O)[C@@H](CNC(=O)N(C)Cc3csc(C(C)C)n3)C(C)C)[C@@H](C(=O)NC(C)(C)C)C2)ccc1O. The Hall–Kier alpha value is -4.24. The van der Waals surface area contributed by atoms with Crippen LogP contribution in [0.2, 0.25) is 0 Å². The molecule has 1 aromatic heterocycles. The van der Waals surface area contributed by atoms with Gasteiger partial charge in [0.05, 0.1) is 42.4 Å². The number of amides is 4. The average molecular weight is 794 g/mol. The van der Waals surface area contributed by atoms with Crippen LogP contribution < -0.4 is 20.7 Å². The lowest BCUT2D eigenvalue weighted by Crippen LogP contribution is -2.63. The molecule has 1 saturated heterocycles. The highest BCUT2D eigenvalue weighted by Crippen LogP contribution is 2.28. The van der Waals surface area contributed by atoms with Crippen molar-refractivity contribution >= 4 is 29.2 Å². The molecule has 0 spiro atoms. The Bertz CT molecular complexity index is 1730. The van der Waals surface area contributed by atoms with Crippen molar-refractivity contribution in [2.45, 2.75) is 97.6 Å². The van der Waals surface area contributed by atoms with Crippen LogP contribution in [0.15, 0.2) is 53.9 Å². The van der Waals surface area contributed by atoms with Gasteiger partial charge in [0.25, 0.3) is 0 Å². The van der Waals surface area contributed by atoms with E-state index in [2.05, 4.69) is 39.7 Å². The molecule has 13 nitrogen and oxygen atoms in total. The van der Waals surface area contributed by atoms with E-state index in [9.17, 15) is 24.6 Å². The standard InChI is InChI=1S/C42H63N7O6S/c1-27(2)32(21-43-41(54)47(8)23-31-26-56-40(44-31)28(3)4)38(52)45-33(19-29-13-11-10-12-14-29)36(51)25-49-18-17-48(24-34(49)39(53)46-42(5,6)7)22-30-15-16-35(50)37(20-30)55-9/h10-16,20,26-28,32-34,36,50-51H,17-19,21-25H2,1-9H3,(H,43,54)(H,45,52)(H,46,53)/t32-,33+,34+,36-/m0/s1. The largest absolute Gasteiger partial charge is 0.504 e. The van der Waals surface area contributed by atoms with Crippen LogP contribution in [-0.4, -0.2) is 118 Å². The number of nitrogens with one attached hydrogen (secondary N) is 3. The van der Waals surface area contributed by atoms with E-state index < -0.39 is 29.6 Å². The zero-order chi connectivity index (χ0) is 41.2. The van der Waals surface area contributed by atoms with Gasteiger partial charge in [0, 0.05) is 63.2 Å². The van der Waals surface area contributed by atoms with Gasteiger partial charge in [-0.05, 0) is 56.4 Å². The summed E-state index contributed by atoms with van der Waals surface area (Å²) in [6.45, 7) is 16.6. The summed E-state index contributed by atoms with van der Waals surface area (Å²) in [5.41, 5.74) is 2.25. The zero-order valence-corrected chi connectivity index (χ0v) is 35.4. The van der Waals surface area contributed by atoms with Gasteiger partial charge in [0.1, 0.15) is 6.04 Å². The average Bonchev–Trinajstić information content (AvgIpc) is 3.61. The van der Waals surface area contributed by atoms with Gasteiger partial charge in [-0.2, -0.15) is 0 Å². The van der Waals surface area contributed by atoms with E-state index in [-0.39, 0.29) is 42.6 Å². The molecule has 1 aliphatic heterocycles. The summed E-state index contributed by atoms with van der Waals surface area (Å²) in [6.07, 6.45) is -0.638. The number of phenolic OH excluding ortho intramolecular Hbond substituents is 1. The number of thiazole rings is 1. The Labute approximate surface area is 336 Å². The Morgan fingerprint density at radius 1 is 1.05 bits per heavy atom. The van der Waals surface area contributed by atoms with Gasteiger partial charge >= 0.3 is 6.03 Å². The Balaban J connectivity index is 1.47. The molecule has 3 aromatic rings. The molecule has 5 N–H and O–H groups in total. The van der Waals surface area contributed by atoms with Crippen LogP contribution in [0.1, 0.15) is 76.2 Å². The molecule has 4 atom stereocenters. The van der Waals surface area contributed by atoms with Crippen molar-refractivity contribution in [1.29, 1.82) is 0 Å². The third-order valence-corrected chi connectivity index (χ3v) is 11.2. The van der Waals surface area contributed by atoms with Crippen molar-refractivity contribution in [1.82, 2.24) is 35.6 Å². The van der Waals surface area contributed by atoms with Crippen molar-refractivity contribution < 1.29 is 29.3 Å². The van der Waals surface area contributed by atoms with Gasteiger partial charge in [-0.3, -0.25) is 19.4 Å². The van der Waals surface area contributed by atoms with Crippen molar-refractivity contribution in [3.8, 4) is 11.5 Å². The molecule has 4 rings (SSSR count). The number of carbonyl (C=O) groups is 3. The lowest BCUT2D eigenvalue weighted by Gasteiger charge is -2.43. The number of piperazine rings is 1. The summed E-state index contributed by atoms with van der Waals surface area (Å²) in [5.74, 6) is -0.299. The van der Waals surface area contributed by atoms with E-state index >= 15 is 0 Å². The number of methoxy groups -OCH3 is 1. The summed E-state index contributed by atoms with van der Waals surface area (Å²) < 4.78 is 5.31. The van der Waals surface area contributed by atoms with Crippen molar-refractivity contribution in [3.63, 3.8) is 0 Å². The van der Waals surface area contributed by atoms with Gasteiger partial charge < -0.3 is 35.8 Å². The topological polar surface area (TPSA) is 160 Å². The first-order valence-electron chi connectivity index (χ1n) is 19.5. The summed E-state index contributed by atoms with van der Waals surface area (Å²) in [7, 11) is 3.22. The number of ether oxygens (including phenoxy) is 1. The van der Waals surface area contributed by atoms with Gasteiger partial charge in [-0.25, -0.2) is 9.78 Å². The molecule has 308 valence electrons. The van der Waals surface area contributed by atoms with Gasteiger partial charge in [-0.15, -0.1) is 11.3 Å². The molecule has 0 aliphatic carbocycles. The molecule has 0 bridgehead atoms. The smallest absolute Gasteiger partial charge is 0.317 e. The molecule has 0 saturated carbocycles. The van der Waals surface area contributed by atoms with Crippen LogP contribution in [0, 0.1) is 11.8 Å². The van der Waals surface area contributed by atoms with E-state index in [1.807, 2.05) is 81.3 Å². The second kappa shape index (κ2) is 20.3. The normalized spacial score (nSPS) is 17.0. The monoisotopic (exact) mass is 793 g/mol. The van der Waals surface area contributed by atoms with E-state index in [1.165, 1.54) is 7.11 Å². The molecule has 2 aromatic carbocycles. The third-order valence-electron chi connectivity index (χ3n) is 9.96. The van der Waals surface area contributed by atoms with Crippen LogP contribution in [0.25, 0.3) is 0 Å². The van der Waals surface area contributed by atoms with Crippen LogP contribution in [-0.2, 0) is 29.1 Å². The predicted molar refractivity (Wildman–Crippen MR) is 221 cm³/mol. The third kappa shape index (κ3) is 13.2.